The molecule has 8 heteroatoms. The molecule has 0 aromatic heterocycles. The van der Waals surface area contributed by atoms with Crippen molar-refractivity contribution in [1.82, 2.24) is 0 Å². The molecule has 2 aromatic carbocycles. The number of carbonyl (C=O) groups excluding carboxylic acids is 1. The number of hydrogen-bond donors (Lipinski definition) is 0. The monoisotopic (exact) mass is 434 g/mol. The van der Waals surface area contributed by atoms with Crippen LogP contribution in [0.25, 0.3) is 11.1 Å². The van der Waals surface area contributed by atoms with E-state index in [9.17, 15) is 4.79 Å². The maximum absolute atomic E-state index is 12.6. The Balaban J connectivity index is 2.70. The molecule has 2 aromatic rings. The summed E-state index contributed by atoms with van der Waals surface area (Å²) < 4.78 is 37.3. The van der Waals surface area contributed by atoms with E-state index in [1.54, 1.807) is 13.2 Å². The van der Waals surface area contributed by atoms with Crippen LogP contribution in [0.5, 0.6) is 17.2 Å². The van der Waals surface area contributed by atoms with Crippen molar-refractivity contribution in [2.75, 3.05) is 48.8 Å². The minimum Gasteiger partial charge on any atom is -0.469 e. The molecular weight excluding hydrogens is 404 g/mol. The maximum atomic E-state index is 12.6. The number of benzene rings is 2. The first kappa shape index (κ1) is 24.5. The van der Waals surface area contributed by atoms with Crippen molar-refractivity contribution in [2.45, 2.75) is 19.3 Å². The SMILES string of the molecule is CCC(C(=O)OC)c1cc(OCOC)cc(OCOC)c1-c1cccc(OCOC)c1. The zero-order valence-corrected chi connectivity index (χ0v) is 18.6. The Kier molecular flexibility index (Phi) is 10.1. The van der Waals surface area contributed by atoms with Gasteiger partial charge in [0.15, 0.2) is 20.4 Å². The summed E-state index contributed by atoms with van der Waals surface area (Å²) in [4.78, 5) is 12.6. The highest BCUT2D eigenvalue weighted by Gasteiger charge is 2.27. The lowest BCUT2D eigenvalue weighted by atomic mass is 9.88. The van der Waals surface area contributed by atoms with Gasteiger partial charge in [0.2, 0.25) is 0 Å². The normalized spacial score (nSPS) is 11.6. The fourth-order valence-corrected chi connectivity index (χ4v) is 3.17. The first-order valence-electron chi connectivity index (χ1n) is 9.80. The Morgan fingerprint density at radius 1 is 0.839 bits per heavy atom. The van der Waals surface area contributed by atoms with Crippen LogP contribution >= 0.6 is 0 Å². The van der Waals surface area contributed by atoms with Crippen LogP contribution in [-0.2, 0) is 23.7 Å². The Morgan fingerprint density at radius 2 is 1.48 bits per heavy atom. The van der Waals surface area contributed by atoms with Crippen LogP contribution in [0.4, 0.5) is 0 Å². The van der Waals surface area contributed by atoms with E-state index in [4.69, 9.17) is 33.2 Å². The molecule has 0 saturated carbocycles. The molecule has 2 rings (SSSR count). The molecule has 31 heavy (non-hydrogen) atoms. The zero-order valence-electron chi connectivity index (χ0n) is 18.6. The van der Waals surface area contributed by atoms with Crippen LogP contribution in [-0.4, -0.2) is 54.8 Å². The largest absolute Gasteiger partial charge is 0.469 e. The third kappa shape index (κ3) is 6.58. The van der Waals surface area contributed by atoms with Crippen molar-refractivity contribution in [3.05, 3.63) is 42.0 Å². The summed E-state index contributed by atoms with van der Waals surface area (Å²) >= 11 is 0. The average Bonchev–Trinajstić information content (AvgIpc) is 2.80. The highest BCUT2D eigenvalue weighted by molar-refractivity contribution is 5.85. The lowest BCUT2D eigenvalue weighted by Crippen LogP contribution is -2.15. The average molecular weight is 434 g/mol. The van der Waals surface area contributed by atoms with Crippen LogP contribution < -0.4 is 14.2 Å². The van der Waals surface area contributed by atoms with Crippen LogP contribution in [0.15, 0.2) is 36.4 Å². The van der Waals surface area contributed by atoms with E-state index < -0.39 is 5.92 Å². The lowest BCUT2D eigenvalue weighted by Gasteiger charge is -2.22. The summed E-state index contributed by atoms with van der Waals surface area (Å²) in [5, 5.41) is 0. The molecule has 0 saturated heterocycles. The Hall–Kier alpha value is -2.81. The molecule has 0 aliphatic heterocycles. The topological polar surface area (TPSA) is 81.7 Å². The van der Waals surface area contributed by atoms with Crippen molar-refractivity contribution < 1.29 is 38.0 Å². The van der Waals surface area contributed by atoms with Gasteiger partial charge in [0.1, 0.15) is 17.2 Å². The number of hydrogen-bond acceptors (Lipinski definition) is 8. The predicted molar refractivity (Wildman–Crippen MR) is 114 cm³/mol. The number of rotatable bonds is 13. The molecule has 0 radical (unpaired) electrons. The molecule has 0 spiro atoms. The van der Waals surface area contributed by atoms with Gasteiger partial charge in [0.25, 0.3) is 0 Å². The molecule has 1 atom stereocenters. The highest BCUT2D eigenvalue weighted by atomic mass is 16.7. The number of carbonyl (C=O) groups is 1. The van der Waals surface area contributed by atoms with Crippen LogP contribution in [0, 0.1) is 0 Å². The fraction of sp³-hybridized carbons (Fsp3) is 0.435. The van der Waals surface area contributed by atoms with Crippen molar-refractivity contribution in [2.24, 2.45) is 0 Å². The van der Waals surface area contributed by atoms with Gasteiger partial charge in [-0.2, -0.15) is 0 Å². The van der Waals surface area contributed by atoms with Crippen molar-refractivity contribution in [3.63, 3.8) is 0 Å². The number of ether oxygens (including phenoxy) is 7. The standard InChI is InChI=1S/C23H30O8/c1-6-19(23(24)28-5)20-11-18(30-14-26-3)12-21(31-15-27-4)22(20)16-8-7-9-17(10-16)29-13-25-2/h7-12,19H,6,13-15H2,1-5H3. The summed E-state index contributed by atoms with van der Waals surface area (Å²) in [5.41, 5.74) is 2.23. The molecule has 0 heterocycles. The zero-order chi connectivity index (χ0) is 22.6. The first-order valence-corrected chi connectivity index (χ1v) is 9.80. The third-order valence-electron chi connectivity index (χ3n) is 4.52. The molecule has 0 aliphatic carbocycles. The van der Waals surface area contributed by atoms with Crippen molar-refractivity contribution in [3.8, 4) is 28.4 Å². The summed E-state index contributed by atoms with van der Waals surface area (Å²) in [7, 11) is 6.00. The quantitative estimate of drug-likeness (QED) is 0.346. The van der Waals surface area contributed by atoms with E-state index in [0.29, 0.717) is 29.2 Å². The molecule has 0 fully saturated rings. The van der Waals surface area contributed by atoms with Crippen LogP contribution in [0.2, 0.25) is 0 Å². The smallest absolute Gasteiger partial charge is 0.313 e. The molecule has 0 amide bonds. The maximum Gasteiger partial charge on any atom is 0.313 e. The minimum atomic E-state index is -0.528. The fourth-order valence-electron chi connectivity index (χ4n) is 3.17. The second-order valence-electron chi connectivity index (χ2n) is 6.55. The summed E-state index contributed by atoms with van der Waals surface area (Å²) in [6.07, 6.45) is 0.525. The van der Waals surface area contributed by atoms with Gasteiger partial charge in [0, 0.05) is 33.0 Å². The molecule has 1 unspecified atom stereocenters. The number of esters is 1. The second kappa shape index (κ2) is 12.8. The van der Waals surface area contributed by atoms with E-state index in [1.165, 1.54) is 21.3 Å². The molecule has 0 N–H and O–H groups in total. The summed E-state index contributed by atoms with van der Waals surface area (Å²) in [6, 6.07) is 11.0. The molecule has 0 aliphatic rings. The van der Waals surface area contributed by atoms with Gasteiger partial charge in [-0.1, -0.05) is 19.1 Å². The third-order valence-corrected chi connectivity index (χ3v) is 4.52. The van der Waals surface area contributed by atoms with Crippen LogP contribution in [0.3, 0.4) is 0 Å². The minimum absolute atomic E-state index is 0.0229. The van der Waals surface area contributed by atoms with Gasteiger partial charge in [0.05, 0.1) is 13.0 Å². The molecule has 0 bridgehead atoms. The van der Waals surface area contributed by atoms with Gasteiger partial charge in [-0.05, 0) is 35.7 Å². The first-order chi connectivity index (χ1) is 15.1. The van der Waals surface area contributed by atoms with Gasteiger partial charge in [-0.3, -0.25) is 4.79 Å². The second-order valence-corrected chi connectivity index (χ2v) is 6.55. The molecular formula is C23H30O8. The Labute approximate surface area is 182 Å². The highest BCUT2D eigenvalue weighted by Crippen LogP contribution is 2.42. The summed E-state index contributed by atoms with van der Waals surface area (Å²) in [6.45, 7) is 2.11. The van der Waals surface area contributed by atoms with Gasteiger partial charge in [-0.25, -0.2) is 0 Å². The molecule has 170 valence electrons. The van der Waals surface area contributed by atoms with E-state index >= 15 is 0 Å². The van der Waals surface area contributed by atoms with E-state index in [1.807, 2.05) is 37.3 Å². The lowest BCUT2D eigenvalue weighted by molar-refractivity contribution is -0.142. The molecule has 8 nitrogen and oxygen atoms in total. The van der Waals surface area contributed by atoms with E-state index in [0.717, 1.165) is 11.1 Å². The van der Waals surface area contributed by atoms with Crippen molar-refractivity contribution >= 4 is 5.97 Å². The Morgan fingerprint density at radius 3 is 2.10 bits per heavy atom. The Bertz CT molecular complexity index is 836. The number of methoxy groups -OCH3 is 4. The van der Waals surface area contributed by atoms with Crippen LogP contribution in [0.1, 0.15) is 24.8 Å². The summed E-state index contributed by atoms with van der Waals surface area (Å²) in [5.74, 6) is 0.739. The van der Waals surface area contributed by atoms with Gasteiger partial charge in [-0.15, -0.1) is 0 Å². The van der Waals surface area contributed by atoms with Gasteiger partial charge >= 0.3 is 5.97 Å². The van der Waals surface area contributed by atoms with E-state index in [2.05, 4.69) is 0 Å². The van der Waals surface area contributed by atoms with Gasteiger partial charge < -0.3 is 33.2 Å². The predicted octanol–water partition coefficient (Wildman–Crippen LogP) is 3.97. The van der Waals surface area contributed by atoms with E-state index in [-0.39, 0.29) is 26.3 Å². The van der Waals surface area contributed by atoms with Crippen molar-refractivity contribution in [1.29, 1.82) is 0 Å².